The minimum atomic E-state index is -0.523. The third-order valence-corrected chi connectivity index (χ3v) is 4.89. The number of carbonyl (C=O) groups excluding carboxylic acids is 1. The van der Waals surface area contributed by atoms with Crippen molar-refractivity contribution in [1.82, 2.24) is 20.1 Å². The second-order valence-corrected chi connectivity index (χ2v) is 6.90. The highest BCUT2D eigenvalue weighted by Crippen LogP contribution is 2.33. The molecule has 25 heavy (non-hydrogen) atoms. The Hall–Kier alpha value is -2.37. The van der Waals surface area contributed by atoms with E-state index in [1.54, 1.807) is 6.33 Å². The second-order valence-electron chi connectivity index (χ2n) is 6.90. The van der Waals surface area contributed by atoms with Crippen molar-refractivity contribution in [3.63, 3.8) is 0 Å². The Balaban J connectivity index is 1.68. The lowest BCUT2D eigenvalue weighted by molar-refractivity contribution is -0.125. The highest BCUT2D eigenvalue weighted by molar-refractivity contribution is 5.89. The fraction of sp³-hybridized carbons (Fsp3) is 0.526. The van der Waals surface area contributed by atoms with E-state index < -0.39 is 5.54 Å². The van der Waals surface area contributed by atoms with E-state index in [-0.39, 0.29) is 5.91 Å². The van der Waals surface area contributed by atoms with Crippen LogP contribution in [0, 0.1) is 6.92 Å². The summed E-state index contributed by atoms with van der Waals surface area (Å²) in [5.41, 5.74) is 1.69. The van der Waals surface area contributed by atoms with Crippen LogP contribution in [0.15, 0.2) is 30.6 Å². The van der Waals surface area contributed by atoms with E-state index in [0.717, 1.165) is 50.2 Å². The normalized spacial score (nSPS) is 15.9. The van der Waals surface area contributed by atoms with Gasteiger partial charge in [0.25, 0.3) is 0 Å². The van der Waals surface area contributed by atoms with Crippen molar-refractivity contribution >= 4 is 11.6 Å². The first-order valence-electron chi connectivity index (χ1n) is 9.13. The van der Waals surface area contributed by atoms with Crippen LogP contribution in [0.1, 0.15) is 50.4 Å². The average molecular weight is 341 g/mol. The molecular formula is C19H27N5O. The molecule has 2 aromatic rings. The molecule has 6 nitrogen and oxygen atoms in total. The maximum absolute atomic E-state index is 13.0. The predicted octanol–water partition coefficient (Wildman–Crippen LogP) is 3.04. The van der Waals surface area contributed by atoms with Gasteiger partial charge in [0.2, 0.25) is 5.91 Å². The third-order valence-electron chi connectivity index (χ3n) is 4.89. The van der Waals surface area contributed by atoms with Gasteiger partial charge in [0.15, 0.2) is 5.82 Å². The van der Waals surface area contributed by atoms with Crippen LogP contribution in [0.2, 0.25) is 0 Å². The summed E-state index contributed by atoms with van der Waals surface area (Å²) in [6.07, 6.45) is 6.58. The number of anilines is 1. The lowest BCUT2D eigenvalue weighted by Crippen LogP contribution is -2.50. The van der Waals surface area contributed by atoms with Gasteiger partial charge in [-0.3, -0.25) is 4.79 Å². The summed E-state index contributed by atoms with van der Waals surface area (Å²) in [5, 5.41) is 14.7. The first kappa shape index (κ1) is 17.5. The lowest BCUT2D eigenvalue weighted by Gasteiger charge is -2.30. The Morgan fingerprint density at radius 1 is 1.24 bits per heavy atom. The molecule has 1 heterocycles. The molecule has 1 aromatic heterocycles. The number of nitrogens with zero attached hydrogens (tertiary/aromatic N) is 3. The molecule has 0 spiro atoms. The zero-order valence-corrected chi connectivity index (χ0v) is 15.1. The SMILES string of the molecule is CCCn1cnnc1CNC(=O)C1(Nc2ccc(C)cc2)CCCC1. The van der Waals surface area contributed by atoms with Crippen LogP contribution in [-0.4, -0.2) is 26.2 Å². The smallest absolute Gasteiger partial charge is 0.246 e. The largest absolute Gasteiger partial charge is 0.371 e. The number of aromatic nitrogens is 3. The quantitative estimate of drug-likeness (QED) is 0.812. The van der Waals surface area contributed by atoms with Crippen LogP contribution in [0.3, 0.4) is 0 Å². The number of aryl methyl sites for hydroxylation is 2. The van der Waals surface area contributed by atoms with Gasteiger partial charge in [0.1, 0.15) is 11.9 Å². The topological polar surface area (TPSA) is 71.8 Å². The van der Waals surface area contributed by atoms with E-state index in [0.29, 0.717) is 6.54 Å². The van der Waals surface area contributed by atoms with Crippen LogP contribution in [0.4, 0.5) is 5.69 Å². The van der Waals surface area contributed by atoms with E-state index in [1.807, 2.05) is 16.7 Å². The van der Waals surface area contributed by atoms with Crippen LogP contribution in [0.25, 0.3) is 0 Å². The molecule has 0 atom stereocenters. The molecule has 1 aliphatic carbocycles. The van der Waals surface area contributed by atoms with Crippen molar-refractivity contribution < 1.29 is 4.79 Å². The maximum Gasteiger partial charge on any atom is 0.246 e. The van der Waals surface area contributed by atoms with E-state index in [4.69, 9.17) is 0 Å². The fourth-order valence-electron chi connectivity index (χ4n) is 3.47. The average Bonchev–Trinajstić information content (AvgIpc) is 3.25. The second kappa shape index (κ2) is 7.68. The Morgan fingerprint density at radius 3 is 2.64 bits per heavy atom. The molecule has 6 heteroatoms. The third kappa shape index (κ3) is 4.00. The van der Waals surface area contributed by atoms with Crippen LogP contribution in [0.5, 0.6) is 0 Å². The summed E-state index contributed by atoms with van der Waals surface area (Å²) in [6.45, 7) is 5.46. The van der Waals surface area contributed by atoms with Gasteiger partial charge < -0.3 is 15.2 Å². The molecule has 1 aromatic carbocycles. The molecule has 0 unspecified atom stereocenters. The van der Waals surface area contributed by atoms with Gasteiger partial charge in [0.05, 0.1) is 6.54 Å². The van der Waals surface area contributed by atoms with Gasteiger partial charge in [-0.25, -0.2) is 0 Å². The standard InChI is InChI=1S/C19H27N5O/c1-3-12-24-14-21-23-17(24)13-20-18(25)19(10-4-5-11-19)22-16-8-6-15(2)7-9-16/h6-9,14,22H,3-5,10-13H2,1-2H3,(H,20,25). The van der Waals surface area contributed by atoms with E-state index in [9.17, 15) is 4.79 Å². The molecule has 0 aliphatic heterocycles. The van der Waals surface area contributed by atoms with E-state index >= 15 is 0 Å². The molecule has 0 radical (unpaired) electrons. The minimum absolute atomic E-state index is 0.0524. The van der Waals surface area contributed by atoms with E-state index in [1.165, 1.54) is 5.56 Å². The fourth-order valence-corrected chi connectivity index (χ4v) is 3.47. The summed E-state index contributed by atoms with van der Waals surface area (Å²) in [4.78, 5) is 13.0. The summed E-state index contributed by atoms with van der Waals surface area (Å²) in [7, 11) is 0. The number of rotatable bonds is 7. The summed E-state index contributed by atoms with van der Waals surface area (Å²) >= 11 is 0. The van der Waals surface area contributed by atoms with Gasteiger partial charge in [-0.2, -0.15) is 0 Å². The highest BCUT2D eigenvalue weighted by Gasteiger charge is 2.41. The highest BCUT2D eigenvalue weighted by atomic mass is 16.2. The molecule has 0 bridgehead atoms. The van der Waals surface area contributed by atoms with Crippen molar-refractivity contribution in [3.05, 3.63) is 42.0 Å². The van der Waals surface area contributed by atoms with E-state index in [2.05, 4.69) is 46.8 Å². The first-order chi connectivity index (χ1) is 12.1. The number of carbonyl (C=O) groups is 1. The number of amides is 1. The summed E-state index contributed by atoms with van der Waals surface area (Å²) in [5.74, 6) is 0.857. The summed E-state index contributed by atoms with van der Waals surface area (Å²) in [6, 6.07) is 8.22. The molecule has 3 rings (SSSR count). The molecule has 134 valence electrons. The Labute approximate surface area is 149 Å². The predicted molar refractivity (Wildman–Crippen MR) is 98.2 cm³/mol. The van der Waals surface area contributed by atoms with Crippen LogP contribution >= 0.6 is 0 Å². The Morgan fingerprint density at radius 2 is 1.96 bits per heavy atom. The molecule has 1 amide bonds. The van der Waals surface area contributed by atoms with Crippen LogP contribution < -0.4 is 10.6 Å². The molecule has 1 aliphatic rings. The molecular weight excluding hydrogens is 314 g/mol. The van der Waals surface area contributed by atoms with Crippen molar-refractivity contribution in [2.45, 2.75) is 64.6 Å². The molecule has 1 fully saturated rings. The Kier molecular flexibility index (Phi) is 5.36. The van der Waals surface area contributed by atoms with Gasteiger partial charge in [-0.05, 0) is 38.3 Å². The number of nitrogens with one attached hydrogen (secondary N) is 2. The number of benzene rings is 1. The molecule has 2 N–H and O–H groups in total. The van der Waals surface area contributed by atoms with Crippen LogP contribution in [-0.2, 0) is 17.9 Å². The zero-order chi connectivity index (χ0) is 17.7. The van der Waals surface area contributed by atoms with Crippen molar-refractivity contribution in [2.24, 2.45) is 0 Å². The monoisotopic (exact) mass is 341 g/mol. The zero-order valence-electron chi connectivity index (χ0n) is 15.1. The first-order valence-corrected chi connectivity index (χ1v) is 9.13. The molecule has 1 saturated carbocycles. The van der Waals surface area contributed by atoms with Crippen molar-refractivity contribution in [2.75, 3.05) is 5.32 Å². The van der Waals surface area contributed by atoms with Gasteiger partial charge in [-0.15, -0.1) is 10.2 Å². The van der Waals surface area contributed by atoms with Gasteiger partial charge in [0, 0.05) is 12.2 Å². The Bertz CT molecular complexity index is 701. The summed E-state index contributed by atoms with van der Waals surface area (Å²) < 4.78 is 2.00. The van der Waals surface area contributed by atoms with Gasteiger partial charge >= 0.3 is 0 Å². The van der Waals surface area contributed by atoms with Gasteiger partial charge in [-0.1, -0.05) is 37.5 Å². The minimum Gasteiger partial charge on any atom is -0.371 e. The van der Waals surface area contributed by atoms with Crippen molar-refractivity contribution in [1.29, 1.82) is 0 Å². The number of hydrogen-bond acceptors (Lipinski definition) is 4. The molecule has 0 saturated heterocycles. The lowest BCUT2D eigenvalue weighted by atomic mass is 9.95. The number of hydrogen-bond donors (Lipinski definition) is 2. The maximum atomic E-state index is 13.0. The van der Waals surface area contributed by atoms with Crippen molar-refractivity contribution in [3.8, 4) is 0 Å².